The van der Waals surface area contributed by atoms with E-state index < -0.39 is 5.97 Å². The molecule has 4 heteroatoms. The monoisotopic (exact) mass is 298 g/mol. The third-order valence-corrected chi connectivity index (χ3v) is 4.57. The zero-order chi connectivity index (χ0) is 15.0. The highest BCUT2D eigenvalue weighted by molar-refractivity contribution is 7.19. The molecule has 0 unspecified atom stereocenters. The van der Waals surface area contributed by atoms with Crippen molar-refractivity contribution in [2.45, 2.75) is 6.92 Å². The number of rotatable bonds is 3. The lowest BCUT2D eigenvalue weighted by Gasteiger charge is -2.09. The SMILES string of the molecule is COc1ccccc1-c1c(C)sc2ccc(C(=O)O)cc12. The summed E-state index contributed by atoms with van der Waals surface area (Å²) in [7, 11) is 1.64. The Bertz CT molecular complexity index is 833. The molecule has 1 aromatic heterocycles. The molecule has 1 heterocycles. The van der Waals surface area contributed by atoms with Gasteiger partial charge in [-0.1, -0.05) is 18.2 Å². The van der Waals surface area contributed by atoms with Gasteiger partial charge < -0.3 is 9.84 Å². The number of aryl methyl sites for hydroxylation is 1. The highest BCUT2D eigenvalue weighted by atomic mass is 32.1. The quantitative estimate of drug-likeness (QED) is 0.769. The molecule has 0 amide bonds. The van der Waals surface area contributed by atoms with Crippen LogP contribution in [0.25, 0.3) is 21.2 Å². The molecule has 0 saturated heterocycles. The van der Waals surface area contributed by atoms with Crippen LogP contribution in [0.5, 0.6) is 5.75 Å². The average Bonchev–Trinajstić information content (AvgIpc) is 2.81. The Morgan fingerprint density at radius 3 is 2.67 bits per heavy atom. The number of aromatic carboxylic acids is 1. The maximum Gasteiger partial charge on any atom is 0.335 e. The summed E-state index contributed by atoms with van der Waals surface area (Å²) in [4.78, 5) is 12.4. The minimum Gasteiger partial charge on any atom is -0.496 e. The summed E-state index contributed by atoms with van der Waals surface area (Å²) in [6.07, 6.45) is 0. The fourth-order valence-electron chi connectivity index (χ4n) is 2.54. The normalized spacial score (nSPS) is 10.8. The summed E-state index contributed by atoms with van der Waals surface area (Å²) in [5, 5.41) is 10.2. The highest BCUT2D eigenvalue weighted by Crippen LogP contribution is 2.42. The van der Waals surface area contributed by atoms with Crippen LogP contribution in [0, 0.1) is 6.92 Å². The van der Waals surface area contributed by atoms with Gasteiger partial charge in [-0.15, -0.1) is 11.3 Å². The van der Waals surface area contributed by atoms with E-state index >= 15 is 0 Å². The number of methoxy groups -OCH3 is 1. The molecule has 0 saturated carbocycles. The standard InChI is InChI=1S/C17H14O3S/c1-10-16(12-5-3-4-6-14(12)20-2)13-9-11(17(18)19)7-8-15(13)21-10/h3-9H,1-2H3,(H,18,19). The molecule has 0 aliphatic rings. The summed E-state index contributed by atoms with van der Waals surface area (Å²) < 4.78 is 6.52. The molecule has 2 aromatic carbocycles. The Balaban J connectivity index is 2.33. The Morgan fingerprint density at radius 1 is 1.19 bits per heavy atom. The third-order valence-electron chi connectivity index (χ3n) is 3.49. The van der Waals surface area contributed by atoms with Crippen molar-refractivity contribution in [1.29, 1.82) is 0 Å². The number of benzene rings is 2. The topological polar surface area (TPSA) is 46.5 Å². The second kappa shape index (κ2) is 5.22. The minimum atomic E-state index is -0.910. The molecule has 0 atom stereocenters. The molecule has 3 nitrogen and oxygen atoms in total. The number of carboxylic acids is 1. The van der Waals surface area contributed by atoms with Crippen molar-refractivity contribution in [3.05, 3.63) is 52.9 Å². The molecule has 3 aromatic rings. The van der Waals surface area contributed by atoms with E-state index in [-0.39, 0.29) is 0 Å². The van der Waals surface area contributed by atoms with Crippen LogP contribution in [0.15, 0.2) is 42.5 Å². The van der Waals surface area contributed by atoms with Gasteiger partial charge in [0.25, 0.3) is 0 Å². The summed E-state index contributed by atoms with van der Waals surface area (Å²) in [6.45, 7) is 2.05. The molecule has 0 fully saturated rings. The smallest absolute Gasteiger partial charge is 0.335 e. The van der Waals surface area contributed by atoms with E-state index in [0.717, 1.165) is 31.8 Å². The van der Waals surface area contributed by atoms with Crippen LogP contribution in [-0.2, 0) is 0 Å². The predicted octanol–water partition coefficient (Wildman–Crippen LogP) is 4.58. The highest BCUT2D eigenvalue weighted by Gasteiger charge is 2.16. The van der Waals surface area contributed by atoms with Gasteiger partial charge in [-0.2, -0.15) is 0 Å². The Morgan fingerprint density at radius 2 is 1.95 bits per heavy atom. The number of para-hydroxylation sites is 1. The molecule has 0 aliphatic heterocycles. The zero-order valence-electron chi connectivity index (χ0n) is 11.7. The van der Waals surface area contributed by atoms with Gasteiger partial charge in [0.05, 0.1) is 12.7 Å². The lowest BCUT2D eigenvalue weighted by molar-refractivity contribution is 0.0697. The molecule has 0 bridgehead atoms. The second-order valence-electron chi connectivity index (χ2n) is 4.75. The first-order chi connectivity index (χ1) is 10.1. The van der Waals surface area contributed by atoms with Crippen LogP contribution < -0.4 is 4.74 Å². The van der Waals surface area contributed by atoms with Gasteiger partial charge in [0, 0.05) is 26.1 Å². The maximum absolute atomic E-state index is 11.2. The van der Waals surface area contributed by atoms with E-state index in [1.807, 2.05) is 37.3 Å². The molecule has 21 heavy (non-hydrogen) atoms. The first-order valence-corrected chi connectivity index (χ1v) is 7.33. The minimum absolute atomic E-state index is 0.302. The van der Waals surface area contributed by atoms with E-state index in [1.54, 1.807) is 30.6 Å². The number of carboxylic acid groups (broad SMARTS) is 1. The summed E-state index contributed by atoms with van der Waals surface area (Å²) in [5.41, 5.74) is 2.35. The Kier molecular flexibility index (Phi) is 3.39. The average molecular weight is 298 g/mol. The van der Waals surface area contributed by atoms with Crippen LogP contribution in [0.2, 0.25) is 0 Å². The Hall–Kier alpha value is -2.33. The van der Waals surface area contributed by atoms with E-state index in [1.165, 1.54) is 0 Å². The van der Waals surface area contributed by atoms with Gasteiger partial charge in [-0.3, -0.25) is 0 Å². The molecule has 0 radical (unpaired) electrons. The van der Waals surface area contributed by atoms with Crippen molar-refractivity contribution in [1.82, 2.24) is 0 Å². The van der Waals surface area contributed by atoms with E-state index in [9.17, 15) is 9.90 Å². The fourth-order valence-corrected chi connectivity index (χ4v) is 3.60. The van der Waals surface area contributed by atoms with Crippen LogP contribution in [0.1, 0.15) is 15.2 Å². The zero-order valence-corrected chi connectivity index (χ0v) is 12.5. The number of carbonyl (C=O) groups is 1. The van der Waals surface area contributed by atoms with Gasteiger partial charge in [-0.25, -0.2) is 4.79 Å². The van der Waals surface area contributed by atoms with Gasteiger partial charge in [-0.05, 0) is 31.2 Å². The van der Waals surface area contributed by atoms with Crippen LogP contribution in [0.4, 0.5) is 0 Å². The van der Waals surface area contributed by atoms with Crippen molar-refractivity contribution in [2.75, 3.05) is 7.11 Å². The van der Waals surface area contributed by atoms with Crippen molar-refractivity contribution >= 4 is 27.4 Å². The van der Waals surface area contributed by atoms with Crippen molar-refractivity contribution < 1.29 is 14.6 Å². The molecule has 1 N–H and O–H groups in total. The molecular weight excluding hydrogens is 284 g/mol. The lowest BCUT2D eigenvalue weighted by Crippen LogP contribution is -1.95. The van der Waals surface area contributed by atoms with Gasteiger partial charge in [0.15, 0.2) is 0 Å². The number of hydrogen-bond acceptors (Lipinski definition) is 3. The first kappa shape index (κ1) is 13.6. The maximum atomic E-state index is 11.2. The largest absolute Gasteiger partial charge is 0.496 e. The molecule has 0 aliphatic carbocycles. The van der Waals surface area contributed by atoms with Gasteiger partial charge >= 0.3 is 5.97 Å². The number of thiophene rings is 1. The number of ether oxygens (including phenoxy) is 1. The van der Waals surface area contributed by atoms with Crippen molar-refractivity contribution in [3.63, 3.8) is 0 Å². The number of fused-ring (bicyclic) bond motifs is 1. The van der Waals surface area contributed by atoms with Crippen LogP contribution in [-0.4, -0.2) is 18.2 Å². The van der Waals surface area contributed by atoms with E-state index in [2.05, 4.69) is 0 Å². The van der Waals surface area contributed by atoms with Gasteiger partial charge in [0.1, 0.15) is 5.75 Å². The van der Waals surface area contributed by atoms with Crippen LogP contribution in [0.3, 0.4) is 0 Å². The third kappa shape index (κ3) is 2.28. The fraction of sp³-hybridized carbons (Fsp3) is 0.118. The van der Waals surface area contributed by atoms with Crippen molar-refractivity contribution in [2.24, 2.45) is 0 Å². The summed E-state index contributed by atoms with van der Waals surface area (Å²) >= 11 is 1.66. The number of hydrogen-bond donors (Lipinski definition) is 1. The van der Waals surface area contributed by atoms with E-state index in [4.69, 9.17) is 4.74 Å². The Labute approximate surface area is 126 Å². The van der Waals surface area contributed by atoms with Crippen LogP contribution >= 0.6 is 11.3 Å². The lowest BCUT2D eigenvalue weighted by atomic mass is 10.00. The van der Waals surface area contributed by atoms with Gasteiger partial charge in [0.2, 0.25) is 0 Å². The first-order valence-electron chi connectivity index (χ1n) is 6.51. The molecule has 0 spiro atoms. The summed E-state index contributed by atoms with van der Waals surface area (Å²) in [6, 6.07) is 13.1. The predicted molar refractivity (Wildman–Crippen MR) is 85.5 cm³/mol. The summed E-state index contributed by atoms with van der Waals surface area (Å²) in [5.74, 6) is -0.118. The molecular formula is C17H14O3S. The molecule has 3 rings (SSSR count). The van der Waals surface area contributed by atoms with E-state index in [0.29, 0.717) is 5.56 Å². The van der Waals surface area contributed by atoms with Crippen molar-refractivity contribution in [3.8, 4) is 16.9 Å². The second-order valence-corrected chi connectivity index (χ2v) is 6.01. The molecule has 106 valence electrons.